The van der Waals surface area contributed by atoms with Gasteiger partial charge in [0, 0.05) is 25.4 Å². The summed E-state index contributed by atoms with van der Waals surface area (Å²) in [5.41, 5.74) is 2.42. The lowest BCUT2D eigenvalue weighted by Crippen LogP contribution is -2.33. The van der Waals surface area contributed by atoms with Crippen molar-refractivity contribution in [2.75, 3.05) is 25.0 Å². The molecule has 4 heterocycles. The molecule has 1 aliphatic rings. The zero-order valence-corrected chi connectivity index (χ0v) is 14.5. The SMILES string of the molecule is CCc1ccc(-c2cc3nccnc3c(NC[C@H]3CCCNC3)n2)o1. The quantitative estimate of drug-likeness (QED) is 0.744. The first kappa shape index (κ1) is 16.0. The second-order valence-corrected chi connectivity index (χ2v) is 6.49. The van der Waals surface area contributed by atoms with Crippen LogP contribution in [-0.4, -0.2) is 34.6 Å². The van der Waals surface area contributed by atoms with Crippen molar-refractivity contribution in [1.82, 2.24) is 20.3 Å². The Morgan fingerprint density at radius 2 is 2.20 bits per heavy atom. The molecule has 130 valence electrons. The van der Waals surface area contributed by atoms with Crippen LogP contribution in [0.2, 0.25) is 0 Å². The third-order valence-electron chi connectivity index (χ3n) is 4.68. The summed E-state index contributed by atoms with van der Waals surface area (Å²) in [5.74, 6) is 3.12. The van der Waals surface area contributed by atoms with Crippen molar-refractivity contribution in [3.8, 4) is 11.5 Å². The van der Waals surface area contributed by atoms with E-state index in [0.717, 1.165) is 60.1 Å². The number of aromatic nitrogens is 3. The Bertz CT molecular complexity index is 854. The molecule has 6 nitrogen and oxygen atoms in total. The van der Waals surface area contributed by atoms with Crippen LogP contribution >= 0.6 is 0 Å². The van der Waals surface area contributed by atoms with Gasteiger partial charge in [-0.05, 0) is 50.0 Å². The third kappa shape index (κ3) is 3.49. The summed E-state index contributed by atoms with van der Waals surface area (Å²) >= 11 is 0. The lowest BCUT2D eigenvalue weighted by Gasteiger charge is -2.23. The van der Waals surface area contributed by atoms with Crippen molar-refractivity contribution in [1.29, 1.82) is 0 Å². The van der Waals surface area contributed by atoms with Crippen LogP contribution in [0.5, 0.6) is 0 Å². The van der Waals surface area contributed by atoms with Crippen molar-refractivity contribution < 1.29 is 4.42 Å². The number of hydrogen-bond acceptors (Lipinski definition) is 6. The molecule has 0 spiro atoms. The summed E-state index contributed by atoms with van der Waals surface area (Å²) < 4.78 is 5.87. The summed E-state index contributed by atoms with van der Waals surface area (Å²) in [6, 6.07) is 5.91. The minimum atomic E-state index is 0.612. The van der Waals surface area contributed by atoms with Crippen molar-refractivity contribution in [3.05, 3.63) is 36.4 Å². The lowest BCUT2D eigenvalue weighted by atomic mass is 10.00. The van der Waals surface area contributed by atoms with Gasteiger partial charge in [0.2, 0.25) is 0 Å². The predicted octanol–water partition coefficient (Wildman–Crippen LogP) is 3.26. The Labute approximate surface area is 147 Å². The molecule has 0 unspecified atom stereocenters. The van der Waals surface area contributed by atoms with Crippen LogP contribution in [0.1, 0.15) is 25.5 Å². The molecule has 0 saturated carbocycles. The Kier molecular flexibility index (Phi) is 4.61. The highest BCUT2D eigenvalue weighted by atomic mass is 16.3. The number of aryl methyl sites for hydroxylation is 1. The summed E-state index contributed by atoms with van der Waals surface area (Å²) in [4.78, 5) is 13.7. The molecule has 2 N–H and O–H groups in total. The molecular weight excluding hydrogens is 314 g/mol. The second kappa shape index (κ2) is 7.19. The van der Waals surface area contributed by atoms with E-state index in [4.69, 9.17) is 9.40 Å². The van der Waals surface area contributed by atoms with Crippen molar-refractivity contribution >= 4 is 16.9 Å². The van der Waals surface area contributed by atoms with Crippen LogP contribution in [0, 0.1) is 5.92 Å². The molecular formula is C19H23N5O. The van der Waals surface area contributed by atoms with Gasteiger partial charge in [0.1, 0.15) is 17.0 Å². The van der Waals surface area contributed by atoms with Crippen LogP contribution in [0.15, 0.2) is 35.0 Å². The molecule has 0 bridgehead atoms. The molecule has 3 aromatic heterocycles. The van der Waals surface area contributed by atoms with Crippen molar-refractivity contribution in [3.63, 3.8) is 0 Å². The van der Waals surface area contributed by atoms with Crippen LogP contribution in [0.4, 0.5) is 5.82 Å². The zero-order chi connectivity index (χ0) is 17.1. The van der Waals surface area contributed by atoms with E-state index in [9.17, 15) is 0 Å². The monoisotopic (exact) mass is 337 g/mol. The van der Waals surface area contributed by atoms with Gasteiger partial charge in [-0.25, -0.2) is 9.97 Å². The van der Waals surface area contributed by atoms with E-state index in [2.05, 4.69) is 27.5 Å². The topological polar surface area (TPSA) is 75.9 Å². The molecule has 0 aliphatic carbocycles. The standard InChI is InChI=1S/C19H23N5O/c1-2-14-5-6-17(25-14)15-10-16-18(22-9-8-21-16)19(24-15)23-12-13-4-3-7-20-11-13/h5-6,8-10,13,20H,2-4,7,11-12H2,1H3,(H,23,24)/t13-/m0/s1. The fraction of sp³-hybridized carbons (Fsp3) is 0.421. The average molecular weight is 337 g/mol. The Morgan fingerprint density at radius 1 is 1.28 bits per heavy atom. The van der Waals surface area contributed by atoms with Gasteiger partial charge in [0.05, 0.1) is 5.52 Å². The van der Waals surface area contributed by atoms with Crippen LogP contribution in [0.25, 0.3) is 22.5 Å². The van der Waals surface area contributed by atoms with Gasteiger partial charge >= 0.3 is 0 Å². The largest absolute Gasteiger partial charge is 0.459 e. The van der Waals surface area contributed by atoms with Gasteiger partial charge in [-0.3, -0.25) is 4.98 Å². The minimum Gasteiger partial charge on any atom is -0.459 e. The molecule has 0 aromatic carbocycles. The minimum absolute atomic E-state index is 0.612. The van der Waals surface area contributed by atoms with Crippen LogP contribution < -0.4 is 10.6 Å². The van der Waals surface area contributed by atoms with E-state index in [0.29, 0.717) is 5.92 Å². The molecule has 3 aromatic rings. The molecule has 6 heteroatoms. The number of pyridine rings is 1. The zero-order valence-electron chi connectivity index (χ0n) is 14.5. The lowest BCUT2D eigenvalue weighted by molar-refractivity contribution is 0.392. The number of nitrogens with zero attached hydrogens (tertiary/aromatic N) is 3. The Hall–Kier alpha value is -2.47. The highest BCUT2D eigenvalue weighted by Gasteiger charge is 2.16. The van der Waals surface area contributed by atoms with Crippen molar-refractivity contribution in [2.24, 2.45) is 5.92 Å². The number of anilines is 1. The number of nitrogens with one attached hydrogen (secondary N) is 2. The Balaban J connectivity index is 1.65. The normalized spacial score (nSPS) is 17.7. The number of rotatable bonds is 5. The first-order valence-corrected chi connectivity index (χ1v) is 8.99. The van der Waals surface area contributed by atoms with Crippen molar-refractivity contribution in [2.45, 2.75) is 26.2 Å². The number of furan rings is 1. The third-order valence-corrected chi connectivity index (χ3v) is 4.68. The summed E-state index contributed by atoms with van der Waals surface area (Å²) in [5, 5.41) is 6.94. The fourth-order valence-corrected chi connectivity index (χ4v) is 3.27. The highest BCUT2D eigenvalue weighted by molar-refractivity contribution is 5.88. The van der Waals surface area contributed by atoms with E-state index >= 15 is 0 Å². The van der Waals surface area contributed by atoms with Gasteiger partial charge in [-0.1, -0.05) is 6.92 Å². The van der Waals surface area contributed by atoms with Gasteiger partial charge in [-0.2, -0.15) is 0 Å². The number of hydrogen-bond donors (Lipinski definition) is 2. The van der Waals surface area contributed by atoms with Gasteiger partial charge < -0.3 is 15.1 Å². The molecule has 25 heavy (non-hydrogen) atoms. The molecule has 4 rings (SSSR count). The van der Waals surface area contributed by atoms with E-state index in [1.807, 2.05) is 18.2 Å². The summed E-state index contributed by atoms with van der Waals surface area (Å²) in [7, 11) is 0. The number of fused-ring (bicyclic) bond motifs is 1. The van der Waals surface area contributed by atoms with E-state index in [-0.39, 0.29) is 0 Å². The van der Waals surface area contributed by atoms with E-state index in [1.54, 1.807) is 12.4 Å². The van der Waals surface area contributed by atoms with E-state index in [1.165, 1.54) is 12.8 Å². The second-order valence-electron chi connectivity index (χ2n) is 6.49. The fourth-order valence-electron chi connectivity index (χ4n) is 3.27. The Morgan fingerprint density at radius 3 is 3.00 bits per heavy atom. The maximum absolute atomic E-state index is 5.87. The molecule has 0 amide bonds. The maximum Gasteiger partial charge on any atom is 0.155 e. The first-order valence-electron chi connectivity index (χ1n) is 8.99. The van der Waals surface area contributed by atoms with Gasteiger partial charge in [0.25, 0.3) is 0 Å². The van der Waals surface area contributed by atoms with Gasteiger partial charge in [-0.15, -0.1) is 0 Å². The smallest absolute Gasteiger partial charge is 0.155 e. The van der Waals surface area contributed by atoms with Crippen LogP contribution in [-0.2, 0) is 6.42 Å². The summed E-state index contributed by atoms with van der Waals surface area (Å²) in [6.07, 6.45) is 6.75. The molecule has 0 radical (unpaired) electrons. The molecule has 1 aliphatic heterocycles. The first-order chi connectivity index (χ1) is 12.3. The predicted molar refractivity (Wildman–Crippen MR) is 98.5 cm³/mol. The molecule has 1 atom stereocenters. The van der Waals surface area contributed by atoms with Crippen LogP contribution in [0.3, 0.4) is 0 Å². The number of piperidine rings is 1. The molecule has 1 fully saturated rings. The molecule has 1 saturated heterocycles. The highest BCUT2D eigenvalue weighted by Crippen LogP contribution is 2.27. The van der Waals surface area contributed by atoms with E-state index < -0.39 is 0 Å². The average Bonchev–Trinajstić information content (AvgIpc) is 3.16. The van der Waals surface area contributed by atoms with Gasteiger partial charge in [0.15, 0.2) is 11.6 Å². The maximum atomic E-state index is 5.87. The summed E-state index contributed by atoms with van der Waals surface area (Å²) in [6.45, 7) is 5.13.